The Balaban J connectivity index is 1.45. The van der Waals surface area contributed by atoms with Crippen LogP contribution in [-0.2, 0) is 0 Å². The molecule has 0 atom stereocenters. The van der Waals surface area contributed by atoms with Crippen LogP contribution in [0.4, 0.5) is 22.7 Å². The molecule has 192 valence electrons. The first-order valence-electron chi connectivity index (χ1n) is 13.2. The molecule has 0 amide bonds. The summed E-state index contributed by atoms with van der Waals surface area (Å²) in [7, 11) is 0. The highest BCUT2D eigenvalue weighted by molar-refractivity contribution is 5.78. The Labute approximate surface area is 223 Å². The molecule has 0 bridgehead atoms. The highest BCUT2D eigenvalue weighted by Gasteiger charge is 2.26. The molecule has 0 aromatic heterocycles. The minimum absolute atomic E-state index is 0.818. The summed E-state index contributed by atoms with van der Waals surface area (Å²) in [6, 6.07) is 11.5. The minimum atomic E-state index is 0.818. The molecule has 0 saturated carbocycles. The summed E-state index contributed by atoms with van der Waals surface area (Å²) in [5, 5.41) is 0. The number of rotatable bonds is 4. The van der Waals surface area contributed by atoms with E-state index in [9.17, 15) is 0 Å². The molecule has 0 unspecified atom stereocenters. The third-order valence-corrected chi connectivity index (χ3v) is 7.77. The number of hydrogen-bond acceptors (Lipinski definition) is 4. The van der Waals surface area contributed by atoms with E-state index in [4.69, 9.17) is 0 Å². The number of nitrogens with zero attached hydrogens (tertiary/aromatic N) is 4. The Morgan fingerprint density at radius 3 is 0.973 bits per heavy atom. The second-order valence-electron chi connectivity index (χ2n) is 11.1. The van der Waals surface area contributed by atoms with Crippen molar-refractivity contribution in [1.29, 1.82) is 0 Å². The lowest BCUT2D eigenvalue weighted by molar-refractivity contribution is 0.937. The minimum Gasteiger partial charge on any atom is -0.328 e. The Hall–Kier alpha value is -3.66. The van der Waals surface area contributed by atoms with Gasteiger partial charge in [-0.1, -0.05) is 41.5 Å². The van der Waals surface area contributed by atoms with E-state index >= 15 is 0 Å². The van der Waals surface area contributed by atoms with Crippen LogP contribution in [0.2, 0.25) is 0 Å². The van der Waals surface area contributed by atoms with E-state index in [0.29, 0.717) is 0 Å². The predicted molar refractivity (Wildman–Crippen MR) is 160 cm³/mol. The highest BCUT2D eigenvalue weighted by atomic mass is 15.4. The largest absolute Gasteiger partial charge is 0.328 e. The molecule has 0 radical (unpaired) electrons. The van der Waals surface area contributed by atoms with E-state index in [1.54, 1.807) is 0 Å². The molecule has 0 aliphatic carbocycles. The van der Waals surface area contributed by atoms with Crippen LogP contribution >= 0.6 is 0 Å². The van der Waals surface area contributed by atoms with Crippen molar-refractivity contribution in [2.24, 2.45) is 0 Å². The molecule has 4 nitrogen and oxygen atoms in total. The van der Waals surface area contributed by atoms with Crippen LogP contribution < -0.4 is 19.6 Å². The van der Waals surface area contributed by atoms with Gasteiger partial charge in [-0.15, -0.1) is 0 Å². The van der Waals surface area contributed by atoms with Crippen LogP contribution in [0.5, 0.6) is 0 Å². The van der Waals surface area contributed by atoms with Crippen LogP contribution in [0.1, 0.15) is 50.1 Å². The van der Waals surface area contributed by atoms with Gasteiger partial charge >= 0.3 is 0 Å². The normalized spacial score (nSPS) is 15.1. The summed E-state index contributed by atoms with van der Waals surface area (Å²) in [6.07, 6.45) is 8.92. The molecule has 0 saturated heterocycles. The molecule has 3 aromatic carbocycles. The molecular weight excluding hydrogens is 452 g/mol. The van der Waals surface area contributed by atoms with Gasteiger partial charge in [0.1, 0.15) is 0 Å². The second kappa shape index (κ2) is 9.33. The summed E-state index contributed by atoms with van der Waals surface area (Å²) in [5.74, 6) is 0. The summed E-state index contributed by atoms with van der Waals surface area (Å²) in [6.45, 7) is 21.6. The quantitative estimate of drug-likeness (QED) is 0.366. The zero-order chi connectivity index (χ0) is 26.6. The monoisotopic (exact) mass is 492 g/mol. The molecule has 2 aliphatic heterocycles. The topological polar surface area (TPSA) is 13.0 Å². The van der Waals surface area contributed by atoms with E-state index < -0.39 is 0 Å². The van der Waals surface area contributed by atoms with E-state index in [0.717, 1.165) is 13.3 Å². The van der Waals surface area contributed by atoms with Crippen LogP contribution in [0.3, 0.4) is 0 Å². The van der Waals surface area contributed by atoms with Gasteiger partial charge in [0.2, 0.25) is 0 Å². The first-order valence-corrected chi connectivity index (χ1v) is 13.2. The van der Waals surface area contributed by atoms with Crippen LogP contribution in [-0.4, -0.2) is 13.3 Å². The van der Waals surface area contributed by atoms with Crippen LogP contribution in [0.25, 0.3) is 0 Å². The smallest absolute Gasteiger partial charge is 0.0989 e. The Kier molecular flexibility index (Phi) is 6.31. The SMILES string of the molecule is Cc1cc(C)c(N2C=CN(c3c(C)cc(C)c(N4C=CN(c5c(C)cc(C)cc5C)C4)c3C)C2)c(C)c1. The van der Waals surface area contributed by atoms with Crippen molar-refractivity contribution in [3.8, 4) is 0 Å². The third kappa shape index (κ3) is 4.39. The van der Waals surface area contributed by atoms with Gasteiger partial charge in [0.25, 0.3) is 0 Å². The fraction of sp³-hybridized carbons (Fsp3) is 0.333. The molecule has 0 spiro atoms. The van der Waals surface area contributed by atoms with Gasteiger partial charge in [-0.3, -0.25) is 0 Å². The van der Waals surface area contributed by atoms with E-state index in [1.165, 1.54) is 72.8 Å². The van der Waals surface area contributed by atoms with Crippen molar-refractivity contribution in [1.82, 2.24) is 0 Å². The summed E-state index contributed by atoms with van der Waals surface area (Å²) in [5.41, 5.74) is 17.1. The number of anilines is 4. The Morgan fingerprint density at radius 1 is 0.378 bits per heavy atom. The van der Waals surface area contributed by atoms with Crippen molar-refractivity contribution in [2.45, 2.75) is 62.3 Å². The second-order valence-corrected chi connectivity index (χ2v) is 11.1. The van der Waals surface area contributed by atoms with Gasteiger partial charge in [-0.2, -0.15) is 0 Å². The molecule has 2 aliphatic rings. The lowest BCUT2D eigenvalue weighted by atomic mass is 10.0. The Morgan fingerprint density at radius 2 is 0.649 bits per heavy atom. The van der Waals surface area contributed by atoms with Crippen molar-refractivity contribution in [3.63, 3.8) is 0 Å². The van der Waals surface area contributed by atoms with Gasteiger partial charge < -0.3 is 19.6 Å². The predicted octanol–water partition coefficient (Wildman–Crippen LogP) is 7.97. The van der Waals surface area contributed by atoms with Crippen molar-refractivity contribution in [3.05, 3.63) is 105 Å². The third-order valence-electron chi connectivity index (χ3n) is 7.77. The Bertz CT molecular complexity index is 1290. The van der Waals surface area contributed by atoms with E-state index in [2.05, 4.69) is 137 Å². The fourth-order valence-corrected chi connectivity index (χ4v) is 6.72. The first-order chi connectivity index (χ1) is 17.5. The van der Waals surface area contributed by atoms with Gasteiger partial charge in [0.05, 0.1) is 24.7 Å². The van der Waals surface area contributed by atoms with Gasteiger partial charge in [0, 0.05) is 36.2 Å². The van der Waals surface area contributed by atoms with Gasteiger partial charge in [-0.05, 0) is 101 Å². The van der Waals surface area contributed by atoms with Gasteiger partial charge in [0.15, 0.2) is 0 Å². The summed E-state index contributed by atoms with van der Waals surface area (Å²) < 4.78 is 0. The average Bonchev–Trinajstić information content (AvgIpc) is 3.43. The lowest BCUT2D eigenvalue weighted by Crippen LogP contribution is -2.29. The zero-order valence-corrected chi connectivity index (χ0v) is 23.9. The summed E-state index contributed by atoms with van der Waals surface area (Å²) >= 11 is 0. The fourth-order valence-electron chi connectivity index (χ4n) is 6.72. The van der Waals surface area contributed by atoms with Crippen molar-refractivity contribution in [2.75, 3.05) is 32.9 Å². The molecule has 5 rings (SSSR count). The molecule has 2 heterocycles. The van der Waals surface area contributed by atoms with E-state index in [-0.39, 0.29) is 0 Å². The van der Waals surface area contributed by atoms with Crippen molar-refractivity contribution < 1.29 is 0 Å². The highest BCUT2D eigenvalue weighted by Crippen LogP contribution is 2.40. The maximum absolute atomic E-state index is 2.40. The lowest BCUT2D eigenvalue weighted by Gasteiger charge is -2.31. The van der Waals surface area contributed by atoms with Crippen LogP contribution in [0, 0.1) is 62.3 Å². The average molecular weight is 493 g/mol. The van der Waals surface area contributed by atoms with E-state index in [1.807, 2.05) is 0 Å². The number of hydrogen-bond donors (Lipinski definition) is 0. The maximum Gasteiger partial charge on any atom is 0.0989 e. The standard InChI is InChI=1S/C33H40N4/c1-21-14-23(3)30(24(4)15-21)34-10-12-36(19-34)32-27(7)18-28(8)33(29(32)9)37-13-11-35(20-37)31-25(5)16-22(2)17-26(31)6/h10-18H,19-20H2,1-9H3. The molecular formula is C33H40N4. The number of aryl methyl sites for hydroxylation is 8. The molecule has 37 heavy (non-hydrogen) atoms. The first kappa shape index (κ1) is 25.0. The summed E-state index contributed by atoms with van der Waals surface area (Å²) in [4.78, 5) is 9.56. The van der Waals surface area contributed by atoms with Crippen LogP contribution in [0.15, 0.2) is 55.1 Å². The number of benzene rings is 3. The van der Waals surface area contributed by atoms with Gasteiger partial charge in [-0.25, -0.2) is 0 Å². The maximum atomic E-state index is 2.40. The molecule has 0 fully saturated rings. The zero-order valence-electron chi connectivity index (χ0n) is 23.9. The molecule has 0 N–H and O–H groups in total. The van der Waals surface area contributed by atoms with Crippen molar-refractivity contribution >= 4 is 22.7 Å². The molecule has 4 heteroatoms. The molecule has 3 aromatic rings.